The molecular formula is C13H21N3. The number of rotatable bonds is 3. The zero-order valence-electron chi connectivity index (χ0n) is 10.6. The quantitative estimate of drug-likeness (QED) is 0.569. The van der Waals surface area contributed by atoms with Crippen LogP contribution in [0.1, 0.15) is 5.56 Å². The summed E-state index contributed by atoms with van der Waals surface area (Å²) in [6, 6.07) is 10.5. The summed E-state index contributed by atoms with van der Waals surface area (Å²) in [7, 11) is 8.06. The maximum Gasteiger partial charge on any atom is 0.195 e. The van der Waals surface area contributed by atoms with E-state index in [0.29, 0.717) is 0 Å². The fourth-order valence-corrected chi connectivity index (χ4v) is 1.61. The highest BCUT2D eigenvalue weighted by molar-refractivity contribution is 5.79. The SMILES string of the molecule is CN(C)C(=NCCc1ccccc1)N(C)C. The van der Waals surface area contributed by atoms with Crippen molar-refractivity contribution in [1.29, 1.82) is 0 Å². The summed E-state index contributed by atoms with van der Waals surface area (Å²) in [6.45, 7) is 0.829. The van der Waals surface area contributed by atoms with Crippen LogP contribution in [0.25, 0.3) is 0 Å². The van der Waals surface area contributed by atoms with E-state index in [0.717, 1.165) is 18.9 Å². The average molecular weight is 219 g/mol. The van der Waals surface area contributed by atoms with Gasteiger partial charge in [-0.25, -0.2) is 0 Å². The molecule has 0 aromatic heterocycles. The second-order valence-electron chi connectivity index (χ2n) is 4.21. The van der Waals surface area contributed by atoms with E-state index < -0.39 is 0 Å². The van der Waals surface area contributed by atoms with Gasteiger partial charge in [-0.1, -0.05) is 30.3 Å². The first kappa shape index (κ1) is 12.6. The first-order chi connectivity index (χ1) is 7.61. The highest BCUT2D eigenvalue weighted by Gasteiger charge is 2.02. The molecule has 0 atom stereocenters. The summed E-state index contributed by atoms with van der Waals surface area (Å²) in [5.74, 6) is 1.01. The van der Waals surface area contributed by atoms with E-state index in [1.807, 2.05) is 44.1 Å². The largest absolute Gasteiger partial charge is 0.349 e. The molecule has 0 bridgehead atoms. The first-order valence-electron chi connectivity index (χ1n) is 5.54. The van der Waals surface area contributed by atoms with Crippen molar-refractivity contribution in [2.45, 2.75) is 6.42 Å². The van der Waals surface area contributed by atoms with Crippen molar-refractivity contribution in [3.05, 3.63) is 35.9 Å². The Morgan fingerprint density at radius 1 is 1.00 bits per heavy atom. The van der Waals surface area contributed by atoms with Gasteiger partial charge < -0.3 is 9.80 Å². The predicted octanol–water partition coefficient (Wildman–Crippen LogP) is 1.71. The van der Waals surface area contributed by atoms with E-state index in [9.17, 15) is 0 Å². The molecule has 0 aliphatic rings. The number of hydrogen-bond donors (Lipinski definition) is 0. The van der Waals surface area contributed by atoms with Gasteiger partial charge in [0.2, 0.25) is 0 Å². The predicted molar refractivity (Wildman–Crippen MR) is 69.8 cm³/mol. The normalized spacial score (nSPS) is 9.75. The van der Waals surface area contributed by atoms with Crippen molar-refractivity contribution < 1.29 is 0 Å². The van der Waals surface area contributed by atoms with Crippen molar-refractivity contribution in [1.82, 2.24) is 9.80 Å². The molecule has 0 spiro atoms. The smallest absolute Gasteiger partial charge is 0.195 e. The van der Waals surface area contributed by atoms with Gasteiger partial charge in [0.1, 0.15) is 0 Å². The lowest BCUT2D eigenvalue weighted by molar-refractivity contribution is 0.479. The van der Waals surface area contributed by atoms with Crippen LogP contribution in [0.5, 0.6) is 0 Å². The molecule has 0 N–H and O–H groups in total. The number of guanidine groups is 1. The fraction of sp³-hybridized carbons (Fsp3) is 0.462. The standard InChI is InChI=1S/C13H21N3/c1-15(2)13(16(3)4)14-11-10-12-8-6-5-7-9-12/h5-9H,10-11H2,1-4H3. The van der Waals surface area contributed by atoms with E-state index >= 15 is 0 Å². The van der Waals surface area contributed by atoms with Crippen LogP contribution >= 0.6 is 0 Å². The lowest BCUT2D eigenvalue weighted by atomic mass is 10.2. The van der Waals surface area contributed by atoms with E-state index in [1.165, 1.54) is 5.56 Å². The Bertz CT molecular complexity index is 318. The van der Waals surface area contributed by atoms with Gasteiger partial charge in [0, 0.05) is 34.7 Å². The van der Waals surface area contributed by atoms with Gasteiger partial charge in [-0.05, 0) is 12.0 Å². The van der Waals surface area contributed by atoms with Crippen LogP contribution in [-0.2, 0) is 6.42 Å². The molecule has 0 radical (unpaired) electrons. The van der Waals surface area contributed by atoms with Gasteiger partial charge in [-0.15, -0.1) is 0 Å². The minimum atomic E-state index is 0.829. The van der Waals surface area contributed by atoms with Gasteiger partial charge in [0.25, 0.3) is 0 Å². The van der Waals surface area contributed by atoms with Crippen LogP contribution in [0.15, 0.2) is 35.3 Å². The van der Waals surface area contributed by atoms with Gasteiger partial charge in [-0.2, -0.15) is 0 Å². The molecule has 3 heteroatoms. The molecule has 0 fully saturated rings. The summed E-state index contributed by atoms with van der Waals surface area (Å²) in [5, 5.41) is 0. The van der Waals surface area contributed by atoms with Crippen LogP contribution < -0.4 is 0 Å². The molecule has 16 heavy (non-hydrogen) atoms. The molecule has 1 aromatic rings. The number of hydrogen-bond acceptors (Lipinski definition) is 1. The van der Waals surface area contributed by atoms with Gasteiger partial charge >= 0.3 is 0 Å². The molecule has 0 saturated carbocycles. The summed E-state index contributed by atoms with van der Waals surface area (Å²) < 4.78 is 0. The molecule has 3 nitrogen and oxygen atoms in total. The lowest BCUT2D eigenvalue weighted by Gasteiger charge is -2.22. The first-order valence-corrected chi connectivity index (χ1v) is 5.54. The Morgan fingerprint density at radius 3 is 2.06 bits per heavy atom. The average Bonchev–Trinajstić information content (AvgIpc) is 2.24. The molecule has 1 rings (SSSR count). The molecule has 88 valence electrons. The molecule has 0 saturated heterocycles. The maximum absolute atomic E-state index is 4.59. The van der Waals surface area contributed by atoms with Crippen molar-refractivity contribution in [3.8, 4) is 0 Å². The third-order valence-corrected chi connectivity index (χ3v) is 2.30. The van der Waals surface area contributed by atoms with Crippen molar-refractivity contribution in [2.24, 2.45) is 4.99 Å². The van der Waals surface area contributed by atoms with Crippen molar-refractivity contribution in [2.75, 3.05) is 34.7 Å². The summed E-state index contributed by atoms with van der Waals surface area (Å²) in [5.41, 5.74) is 1.34. The van der Waals surface area contributed by atoms with Gasteiger partial charge in [0.05, 0.1) is 0 Å². The monoisotopic (exact) mass is 219 g/mol. The van der Waals surface area contributed by atoms with Crippen LogP contribution in [0.4, 0.5) is 0 Å². The second kappa shape index (κ2) is 6.16. The van der Waals surface area contributed by atoms with Crippen LogP contribution in [0, 0.1) is 0 Å². The Hall–Kier alpha value is -1.51. The molecule has 0 heterocycles. The number of benzene rings is 1. The lowest BCUT2D eigenvalue weighted by Crippen LogP contribution is -2.35. The topological polar surface area (TPSA) is 18.8 Å². The second-order valence-corrected chi connectivity index (χ2v) is 4.21. The van der Waals surface area contributed by atoms with Crippen LogP contribution in [-0.4, -0.2) is 50.5 Å². The summed E-state index contributed by atoms with van der Waals surface area (Å²) in [6.07, 6.45) is 0.992. The summed E-state index contributed by atoms with van der Waals surface area (Å²) in [4.78, 5) is 8.65. The molecule has 0 unspecified atom stereocenters. The van der Waals surface area contributed by atoms with E-state index in [1.54, 1.807) is 0 Å². The Morgan fingerprint density at radius 2 is 1.56 bits per heavy atom. The molecule has 0 amide bonds. The number of aliphatic imine (C=N–C) groups is 1. The summed E-state index contributed by atoms with van der Waals surface area (Å²) >= 11 is 0. The van der Waals surface area contributed by atoms with Crippen LogP contribution in [0.3, 0.4) is 0 Å². The van der Waals surface area contributed by atoms with Crippen molar-refractivity contribution in [3.63, 3.8) is 0 Å². The Labute approximate surface area is 98.4 Å². The van der Waals surface area contributed by atoms with E-state index in [-0.39, 0.29) is 0 Å². The number of nitrogens with zero attached hydrogens (tertiary/aromatic N) is 3. The molecule has 0 aliphatic heterocycles. The molecule has 1 aromatic carbocycles. The highest BCUT2D eigenvalue weighted by atomic mass is 15.3. The van der Waals surface area contributed by atoms with E-state index in [2.05, 4.69) is 29.3 Å². The minimum absolute atomic E-state index is 0.829. The zero-order chi connectivity index (χ0) is 12.0. The van der Waals surface area contributed by atoms with Crippen molar-refractivity contribution >= 4 is 5.96 Å². The molecular weight excluding hydrogens is 198 g/mol. The Kier molecular flexibility index (Phi) is 4.83. The molecule has 0 aliphatic carbocycles. The minimum Gasteiger partial charge on any atom is -0.349 e. The zero-order valence-corrected chi connectivity index (χ0v) is 10.6. The highest BCUT2D eigenvalue weighted by Crippen LogP contribution is 2.00. The third-order valence-electron chi connectivity index (χ3n) is 2.30. The van der Waals surface area contributed by atoms with Gasteiger partial charge in [-0.3, -0.25) is 4.99 Å². The Balaban J connectivity index is 2.52. The third kappa shape index (κ3) is 3.93. The van der Waals surface area contributed by atoms with E-state index in [4.69, 9.17) is 0 Å². The maximum atomic E-state index is 4.59. The fourth-order valence-electron chi connectivity index (χ4n) is 1.61. The van der Waals surface area contributed by atoms with Crippen LogP contribution in [0.2, 0.25) is 0 Å². The van der Waals surface area contributed by atoms with Gasteiger partial charge in [0.15, 0.2) is 5.96 Å².